The summed E-state index contributed by atoms with van der Waals surface area (Å²) in [6, 6.07) is 5.60. The van der Waals surface area contributed by atoms with Gasteiger partial charge in [-0.15, -0.1) is 10.1 Å². The first-order valence-electron chi connectivity index (χ1n) is 11.4. The maximum absolute atomic E-state index is 13.1. The summed E-state index contributed by atoms with van der Waals surface area (Å²) >= 11 is 0. The third-order valence-electron chi connectivity index (χ3n) is 5.26. The number of allylic oxidation sites excluding steroid dienone is 1. The van der Waals surface area contributed by atoms with Gasteiger partial charge in [0.05, 0.1) is 41.3 Å². The van der Waals surface area contributed by atoms with Gasteiger partial charge in [-0.3, -0.25) is 10.1 Å². The van der Waals surface area contributed by atoms with Gasteiger partial charge < -0.3 is 25.4 Å². The maximum atomic E-state index is 13.1. The molecule has 0 amide bonds. The molecular formula is C23H30N4O9. The molecule has 0 radical (unpaired) electrons. The average Bonchev–Trinajstić information content (AvgIpc) is 2.79. The fourth-order valence-corrected chi connectivity index (χ4v) is 3.72. The van der Waals surface area contributed by atoms with Crippen molar-refractivity contribution in [2.24, 2.45) is 5.73 Å². The van der Waals surface area contributed by atoms with E-state index in [-0.39, 0.29) is 35.9 Å². The number of nitrogens with two attached hydrogens (primary N) is 1. The molecule has 0 saturated carbocycles. The van der Waals surface area contributed by atoms with Gasteiger partial charge >= 0.3 is 11.9 Å². The number of carbonyl (C=O) groups excluding carboxylic acids is 2. The Labute approximate surface area is 207 Å². The summed E-state index contributed by atoms with van der Waals surface area (Å²) in [5, 5.41) is 23.5. The molecule has 1 aliphatic rings. The zero-order valence-electron chi connectivity index (χ0n) is 20.4. The molecule has 1 aromatic carbocycles. The molecule has 196 valence electrons. The monoisotopic (exact) mass is 506 g/mol. The fraction of sp³-hybridized carbons (Fsp3) is 0.478. The Hall–Kier alpha value is -4.16. The molecule has 13 heteroatoms. The molecule has 0 fully saturated rings. The molecule has 2 rings (SSSR count). The van der Waals surface area contributed by atoms with Gasteiger partial charge in [0, 0.05) is 17.8 Å². The summed E-state index contributed by atoms with van der Waals surface area (Å²) in [7, 11) is 0. The number of carbonyl (C=O) groups is 2. The number of nitrogens with one attached hydrogen (secondary N) is 1. The first kappa shape index (κ1) is 28.1. The number of non-ortho nitro benzene ring substituents is 1. The molecule has 1 aromatic rings. The first-order chi connectivity index (χ1) is 17.0. The van der Waals surface area contributed by atoms with Crippen LogP contribution in [0.4, 0.5) is 5.69 Å². The Morgan fingerprint density at radius 3 is 2.33 bits per heavy atom. The highest BCUT2D eigenvalue weighted by atomic mass is 16.9. The zero-order valence-corrected chi connectivity index (χ0v) is 20.4. The highest BCUT2D eigenvalue weighted by Crippen LogP contribution is 2.39. The molecule has 0 bridgehead atoms. The second kappa shape index (κ2) is 13.1. The predicted molar refractivity (Wildman–Crippen MR) is 126 cm³/mol. The van der Waals surface area contributed by atoms with Crippen LogP contribution in [0.3, 0.4) is 0 Å². The van der Waals surface area contributed by atoms with Crippen LogP contribution in [0, 0.1) is 20.2 Å². The summed E-state index contributed by atoms with van der Waals surface area (Å²) in [5.74, 6) is -2.56. The second-order valence-electron chi connectivity index (χ2n) is 8.34. The molecule has 0 aromatic heterocycles. The predicted octanol–water partition coefficient (Wildman–Crippen LogP) is 2.99. The quantitative estimate of drug-likeness (QED) is 0.173. The topological polar surface area (TPSA) is 186 Å². The van der Waals surface area contributed by atoms with E-state index in [1.165, 1.54) is 18.2 Å². The van der Waals surface area contributed by atoms with Gasteiger partial charge in [0.1, 0.15) is 5.82 Å². The molecule has 1 aliphatic heterocycles. The number of nitrogens with zero attached hydrogens (tertiary/aromatic N) is 2. The van der Waals surface area contributed by atoms with Gasteiger partial charge in [-0.1, -0.05) is 18.6 Å². The Morgan fingerprint density at radius 1 is 1.06 bits per heavy atom. The summed E-state index contributed by atoms with van der Waals surface area (Å²) in [6.07, 6.45) is 1.81. The Balaban J connectivity index is 2.25. The van der Waals surface area contributed by atoms with Crippen molar-refractivity contribution in [2.75, 3.05) is 13.2 Å². The van der Waals surface area contributed by atoms with E-state index in [1.54, 1.807) is 26.8 Å². The number of nitro groups is 1. The van der Waals surface area contributed by atoms with E-state index in [0.29, 0.717) is 36.9 Å². The van der Waals surface area contributed by atoms with Gasteiger partial charge in [0.25, 0.3) is 10.8 Å². The molecule has 36 heavy (non-hydrogen) atoms. The van der Waals surface area contributed by atoms with Crippen LogP contribution in [-0.4, -0.2) is 41.3 Å². The van der Waals surface area contributed by atoms with Crippen molar-refractivity contribution in [1.82, 2.24) is 5.32 Å². The zero-order chi connectivity index (χ0) is 26.8. The van der Waals surface area contributed by atoms with E-state index in [4.69, 9.17) is 15.2 Å². The number of esters is 2. The molecule has 0 saturated heterocycles. The van der Waals surface area contributed by atoms with Crippen molar-refractivity contribution >= 4 is 17.6 Å². The van der Waals surface area contributed by atoms with Crippen LogP contribution in [0.25, 0.3) is 0 Å². The second-order valence-corrected chi connectivity index (χ2v) is 8.34. The van der Waals surface area contributed by atoms with E-state index in [9.17, 15) is 29.8 Å². The number of nitro benzene ring substituents is 1. The van der Waals surface area contributed by atoms with Gasteiger partial charge in [0.15, 0.2) is 0 Å². The normalized spacial score (nSPS) is 15.4. The summed E-state index contributed by atoms with van der Waals surface area (Å²) < 4.78 is 10.8. The van der Waals surface area contributed by atoms with Crippen LogP contribution in [0.15, 0.2) is 46.9 Å². The Morgan fingerprint density at radius 2 is 1.72 bits per heavy atom. The maximum Gasteiger partial charge on any atom is 0.338 e. The largest absolute Gasteiger partial charge is 0.462 e. The van der Waals surface area contributed by atoms with Crippen molar-refractivity contribution in [2.45, 2.75) is 58.5 Å². The van der Waals surface area contributed by atoms with Crippen LogP contribution in [0.1, 0.15) is 57.9 Å². The van der Waals surface area contributed by atoms with E-state index in [1.807, 2.05) is 0 Å². The third-order valence-corrected chi connectivity index (χ3v) is 5.26. The number of dihydropyridines is 1. The van der Waals surface area contributed by atoms with E-state index in [0.717, 1.165) is 0 Å². The molecule has 0 aliphatic carbocycles. The minimum absolute atomic E-state index is 0.00624. The molecule has 1 heterocycles. The third kappa shape index (κ3) is 7.68. The highest BCUT2D eigenvalue weighted by Gasteiger charge is 2.39. The van der Waals surface area contributed by atoms with Crippen LogP contribution in [-0.2, 0) is 23.9 Å². The lowest BCUT2D eigenvalue weighted by Crippen LogP contribution is -2.36. The molecule has 1 atom stereocenters. The Kier molecular flexibility index (Phi) is 10.2. The lowest BCUT2D eigenvalue weighted by Gasteiger charge is -2.30. The number of hydrogen-bond donors (Lipinski definition) is 2. The van der Waals surface area contributed by atoms with Gasteiger partial charge in [-0.05, 0) is 45.6 Å². The Bertz CT molecular complexity index is 1070. The molecule has 3 N–H and O–H groups in total. The number of ether oxygens (including phenoxy) is 2. The first-order valence-corrected chi connectivity index (χ1v) is 11.4. The SMILES string of the molecule is CC1=C(C(=O)OC(C)C)C(c2cccc([N+](=O)[O-])c2)C(C(=O)OCCCCCCO[N+](=O)[O-])=C(N)N1. The van der Waals surface area contributed by atoms with Crippen molar-refractivity contribution in [3.63, 3.8) is 0 Å². The molecular weight excluding hydrogens is 476 g/mol. The summed E-state index contributed by atoms with van der Waals surface area (Å²) in [6.45, 7) is 4.99. The van der Waals surface area contributed by atoms with Crippen molar-refractivity contribution < 1.29 is 33.9 Å². The smallest absolute Gasteiger partial charge is 0.338 e. The van der Waals surface area contributed by atoms with Crippen molar-refractivity contribution in [1.29, 1.82) is 0 Å². The van der Waals surface area contributed by atoms with E-state index >= 15 is 0 Å². The van der Waals surface area contributed by atoms with Crippen LogP contribution < -0.4 is 11.1 Å². The summed E-state index contributed by atoms with van der Waals surface area (Å²) in [5.41, 5.74) is 6.62. The minimum atomic E-state index is -1.05. The van der Waals surface area contributed by atoms with Crippen molar-refractivity contribution in [3.05, 3.63) is 72.7 Å². The van der Waals surface area contributed by atoms with E-state index < -0.39 is 34.0 Å². The van der Waals surface area contributed by atoms with E-state index in [2.05, 4.69) is 10.2 Å². The number of unbranched alkanes of at least 4 members (excludes halogenated alkanes) is 3. The fourth-order valence-electron chi connectivity index (χ4n) is 3.72. The lowest BCUT2D eigenvalue weighted by atomic mass is 9.81. The minimum Gasteiger partial charge on any atom is -0.462 e. The molecule has 0 spiro atoms. The molecule has 1 unspecified atom stereocenters. The summed E-state index contributed by atoms with van der Waals surface area (Å²) in [4.78, 5) is 51.3. The average molecular weight is 507 g/mol. The number of rotatable bonds is 13. The lowest BCUT2D eigenvalue weighted by molar-refractivity contribution is -0.757. The van der Waals surface area contributed by atoms with Gasteiger partial charge in [-0.25, -0.2) is 9.59 Å². The van der Waals surface area contributed by atoms with Gasteiger partial charge in [0.2, 0.25) is 0 Å². The number of hydrogen-bond acceptors (Lipinski definition) is 11. The number of benzene rings is 1. The van der Waals surface area contributed by atoms with Crippen LogP contribution in [0.2, 0.25) is 0 Å². The van der Waals surface area contributed by atoms with Crippen LogP contribution in [0.5, 0.6) is 0 Å². The highest BCUT2D eigenvalue weighted by molar-refractivity contribution is 6.00. The standard InChI is InChI=1S/C23H30N4O9/c1-14(2)36-23(29)18-15(3)25-21(24)20(19(18)16-9-8-10-17(13-16)26(30)31)22(28)34-11-6-4-5-7-12-35-27(32)33/h8-10,13-14,19,25H,4-7,11-12,24H2,1-3H3. The van der Waals surface area contributed by atoms with Crippen molar-refractivity contribution in [3.8, 4) is 0 Å². The molecule has 13 nitrogen and oxygen atoms in total. The van der Waals surface area contributed by atoms with Crippen LogP contribution >= 0.6 is 0 Å². The van der Waals surface area contributed by atoms with Gasteiger partial charge in [-0.2, -0.15) is 0 Å².